The molecule has 0 aliphatic carbocycles. The average Bonchev–Trinajstić information content (AvgIpc) is 3.52. The maximum absolute atomic E-state index is 13.1. The summed E-state index contributed by atoms with van der Waals surface area (Å²) in [5.41, 5.74) is 2.67. The van der Waals surface area contributed by atoms with E-state index in [0.717, 1.165) is 34.3 Å². The lowest BCUT2D eigenvalue weighted by molar-refractivity contribution is -0.137. The van der Waals surface area contributed by atoms with Gasteiger partial charge in [-0.2, -0.15) is 18.2 Å². The lowest BCUT2D eigenvalue weighted by Gasteiger charge is -2.13. The van der Waals surface area contributed by atoms with E-state index in [4.69, 9.17) is 16.1 Å². The summed E-state index contributed by atoms with van der Waals surface area (Å²) in [6.07, 6.45) is -2.72. The number of hydrogen-bond donors (Lipinski definition) is 2. The van der Waals surface area contributed by atoms with Gasteiger partial charge in [-0.15, -0.1) is 0 Å². The quantitative estimate of drug-likeness (QED) is 0.238. The molecule has 0 aliphatic heterocycles. The van der Waals surface area contributed by atoms with Crippen LogP contribution in [0.15, 0.2) is 84.0 Å². The van der Waals surface area contributed by atoms with Crippen LogP contribution in [0.3, 0.4) is 0 Å². The van der Waals surface area contributed by atoms with E-state index in [2.05, 4.69) is 27.4 Å². The van der Waals surface area contributed by atoms with E-state index >= 15 is 0 Å². The first-order chi connectivity index (χ1) is 18.1. The molecule has 0 unspecified atom stereocenters. The van der Waals surface area contributed by atoms with Crippen molar-refractivity contribution in [2.45, 2.75) is 13.1 Å². The highest BCUT2D eigenvalue weighted by molar-refractivity contribution is 6.31. The second-order valence-electron chi connectivity index (χ2n) is 8.48. The number of hydrogen-bond acceptors (Lipinski definition) is 4. The van der Waals surface area contributed by atoms with Crippen LogP contribution in [0.2, 0.25) is 5.02 Å². The van der Waals surface area contributed by atoms with Gasteiger partial charge in [-0.3, -0.25) is 0 Å². The van der Waals surface area contributed by atoms with Gasteiger partial charge in [-0.05, 0) is 73.7 Å². The van der Waals surface area contributed by atoms with Crippen molar-refractivity contribution in [2.75, 3.05) is 10.6 Å². The Morgan fingerprint density at radius 3 is 2.39 bits per heavy atom. The molecule has 0 atom stereocenters. The summed E-state index contributed by atoms with van der Waals surface area (Å²) in [7, 11) is 0. The van der Waals surface area contributed by atoms with Crippen LogP contribution in [0.25, 0.3) is 33.6 Å². The minimum atomic E-state index is -4.63. The van der Waals surface area contributed by atoms with Crippen molar-refractivity contribution < 1.29 is 22.5 Å². The van der Waals surface area contributed by atoms with Gasteiger partial charge in [0.05, 0.1) is 16.1 Å². The molecule has 0 saturated carbocycles. The zero-order chi connectivity index (χ0) is 27.0. The summed E-state index contributed by atoms with van der Waals surface area (Å²) in [6, 6.07) is 17.2. The lowest BCUT2D eigenvalue weighted by atomic mass is 10.1. The number of carbonyl (C=O) groups excluding carboxylic acids is 1. The number of aromatic nitrogens is 3. The summed E-state index contributed by atoms with van der Waals surface area (Å²) in [5, 5.41) is 9.52. The molecule has 192 valence electrons. The Hall–Kier alpha value is -4.57. The van der Waals surface area contributed by atoms with Crippen LogP contribution in [-0.2, 0) is 6.18 Å². The fraction of sp³-hybridized carbons (Fsp3) is 0.0741. The average molecular weight is 538 g/mol. The molecule has 3 aromatic carbocycles. The number of anilines is 2. The van der Waals surface area contributed by atoms with Crippen LogP contribution in [0.5, 0.6) is 0 Å². The highest BCUT2D eigenvalue weighted by Crippen LogP contribution is 2.36. The van der Waals surface area contributed by atoms with Crippen molar-refractivity contribution >= 4 is 45.5 Å². The molecule has 5 rings (SSSR count). The summed E-state index contributed by atoms with van der Waals surface area (Å²) in [4.78, 5) is 16.7. The summed E-state index contributed by atoms with van der Waals surface area (Å²) in [5.74, 6) is 0.860. The molecular formula is C27H19ClF3N5O2. The Bertz CT molecular complexity index is 1670. The van der Waals surface area contributed by atoms with Crippen LogP contribution >= 0.6 is 11.6 Å². The Balaban J connectivity index is 1.30. The third kappa shape index (κ3) is 5.12. The number of urea groups is 1. The molecule has 2 N–H and O–H groups in total. The molecule has 0 radical (unpaired) electrons. The number of allylic oxidation sites excluding steroid dienone is 1. The number of nitrogens with one attached hydrogen (secondary N) is 2. The number of benzene rings is 3. The normalized spacial score (nSPS) is 11.5. The number of nitrogens with zero attached hydrogens (tertiary/aromatic N) is 3. The first-order valence-electron chi connectivity index (χ1n) is 11.2. The van der Waals surface area contributed by atoms with Crippen LogP contribution in [0.1, 0.15) is 18.4 Å². The fourth-order valence-electron chi connectivity index (χ4n) is 3.84. The summed E-state index contributed by atoms with van der Waals surface area (Å²) >= 11 is 5.63. The maximum atomic E-state index is 13.1. The van der Waals surface area contributed by atoms with Gasteiger partial charge in [0, 0.05) is 39.8 Å². The minimum absolute atomic E-state index is 0.0364. The summed E-state index contributed by atoms with van der Waals surface area (Å²) in [6.45, 7) is 5.60. The molecule has 0 bridgehead atoms. The largest absolute Gasteiger partial charge is 0.417 e. The van der Waals surface area contributed by atoms with Gasteiger partial charge in [0.1, 0.15) is 0 Å². The maximum Gasteiger partial charge on any atom is 0.417 e. The third-order valence-corrected chi connectivity index (χ3v) is 6.00. The molecule has 5 aromatic rings. The zero-order valence-electron chi connectivity index (χ0n) is 19.8. The smallest absolute Gasteiger partial charge is 0.334 e. The third-order valence-electron chi connectivity index (χ3n) is 5.67. The number of halogens is 4. The van der Waals surface area contributed by atoms with Crippen LogP contribution < -0.4 is 10.6 Å². The van der Waals surface area contributed by atoms with E-state index in [0.29, 0.717) is 23.0 Å². The lowest BCUT2D eigenvalue weighted by Crippen LogP contribution is -2.20. The summed E-state index contributed by atoms with van der Waals surface area (Å²) < 4.78 is 46.4. The van der Waals surface area contributed by atoms with Crippen molar-refractivity contribution in [1.82, 2.24) is 14.7 Å². The van der Waals surface area contributed by atoms with E-state index in [1.807, 2.05) is 47.2 Å². The Labute approximate surface area is 219 Å². The highest BCUT2D eigenvalue weighted by atomic mass is 35.5. The van der Waals surface area contributed by atoms with Crippen LogP contribution in [-0.4, -0.2) is 20.7 Å². The first kappa shape index (κ1) is 25.1. The predicted octanol–water partition coefficient (Wildman–Crippen LogP) is 8.03. The van der Waals surface area contributed by atoms with Gasteiger partial charge in [-0.1, -0.05) is 23.3 Å². The van der Waals surface area contributed by atoms with Crippen LogP contribution in [0.4, 0.5) is 29.3 Å². The van der Waals surface area contributed by atoms with Gasteiger partial charge in [-0.25, -0.2) is 4.79 Å². The van der Waals surface area contributed by atoms with Gasteiger partial charge >= 0.3 is 12.2 Å². The molecule has 0 aliphatic rings. The number of carbonyl (C=O) groups is 1. The Morgan fingerprint density at radius 2 is 1.71 bits per heavy atom. The number of rotatable bonds is 5. The second kappa shape index (κ2) is 9.71. The number of fused-ring (bicyclic) bond motifs is 1. The van der Waals surface area contributed by atoms with Gasteiger partial charge in [0.25, 0.3) is 5.89 Å². The zero-order valence-corrected chi connectivity index (χ0v) is 20.6. The molecule has 11 heteroatoms. The van der Waals surface area contributed by atoms with Crippen molar-refractivity contribution in [3.8, 4) is 17.1 Å². The predicted molar refractivity (Wildman–Crippen MR) is 140 cm³/mol. The van der Waals surface area contributed by atoms with Gasteiger partial charge in [0.2, 0.25) is 5.82 Å². The van der Waals surface area contributed by atoms with Crippen molar-refractivity contribution in [3.63, 3.8) is 0 Å². The highest BCUT2D eigenvalue weighted by Gasteiger charge is 2.33. The first-order valence-corrected chi connectivity index (χ1v) is 11.6. The molecule has 38 heavy (non-hydrogen) atoms. The van der Waals surface area contributed by atoms with Crippen molar-refractivity contribution in [1.29, 1.82) is 0 Å². The molecule has 0 spiro atoms. The van der Waals surface area contributed by atoms with Crippen molar-refractivity contribution in [3.05, 3.63) is 96.0 Å². The molecular weight excluding hydrogens is 519 g/mol. The van der Waals surface area contributed by atoms with E-state index in [9.17, 15) is 18.0 Å². The monoisotopic (exact) mass is 537 g/mol. The fourth-order valence-corrected chi connectivity index (χ4v) is 4.06. The molecule has 0 saturated heterocycles. The Morgan fingerprint density at radius 1 is 1.00 bits per heavy atom. The SMILES string of the molecule is C=C(C)c1nc(-c2ccc3c(ccn3-c3ccc(NC(=O)Nc4ccc(Cl)c(C(F)(F)F)c4)cc3)c2)no1. The molecule has 0 fully saturated rings. The van der Waals surface area contributed by atoms with Crippen molar-refractivity contribution in [2.24, 2.45) is 0 Å². The van der Waals surface area contributed by atoms with E-state index in [1.165, 1.54) is 6.07 Å². The molecule has 2 amide bonds. The minimum Gasteiger partial charge on any atom is -0.334 e. The van der Waals surface area contributed by atoms with Gasteiger partial charge in [0.15, 0.2) is 0 Å². The van der Waals surface area contributed by atoms with E-state index < -0.39 is 22.8 Å². The topological polar surface area (TPSA) is 85.0 Å². The van der Waals surface area contributed by atoms with E-state index in [-0.39, 0.29) is 5.69 Å². The molecule has 2 heterocycles. The number of amides is 2. The number of alkyl halides is 3. The standard InChI is InChI=1S/C27H19ClF3N5O2/c1-15(2)25-34-24(35-38-25)17-3-10-23-16(13-17)11-12-36(23)20-7-4-18(5-8-20)32-26(37)33-19-6-9-22(28)21(14-19)27(29,30)31/h3-14H,1H2,2H3,(H2,32,33,37). The molecule has 2 aromatic heterocycles. The van der Waals surface area contributed by atoms with Gasteiger partial charge < -0.3 is 19.7 Å². The molecule has 7 nitrogen and oxygen atoms in total. The van der Waals surface area contributed by atoms with E-state index in [1.54, 1.807) is 19.1 Å². The van der Waals surface area contributed by atoms with Crippen LogP contribution in [0, 0.1) is 0 Å². The Kier molecular flexibility index (Phi) is 6.41. The second-order valence-corrected chi connectivity index (χ2v) is 8.89.